The molecular formula is C14H19N. The topological polar surface area (TPSA) is 12.0 Å². The fourth-order valence-corrected chi connectivity index (χ4v) is 1.71. The van der Waals surface area contributed by atoms with Crippen LogP contribution in [0.4, 0.5) is 0 Å². The molecule has 0 heterocycles. The van der Waals surface area contributed by atoms with Gasteiger partial charge < -0.3 is 5.32 Å². The molecule has 80 valence electrons. The lowest BCUT2D eigenvalue weighted by atomic mass is 9.88. The zero-order valence-electron chi connectivity index (χ0n) is 9.48. The third-order valence-corrected chi connectivity index (χ3v) is 2.60. The summed E-state index contributed by atoms with van der Waals surface area (Å²) in [6.07, 6.45) is 16.5. The number of allylic oxidation sites excluding steroid dienone is 6. The summed E-state index contributed by atoms with van der Waals surface area (Å²) in [7, 11) is 1.99. The molecule has 0 aromatic carbocycles. The molecule has 0 saturated heterocycles. The smallest absolute Gasteiger partial charge is 0.0351 e. The normalized spacial score (nSPS) is 26.1. The van der Waals surface area contributed by atoms with E-state index in [-0.39, 0.29) is 0 Å². The Hall–Kier alpha value is -1.34. The van der Waals surface area contributed by atoms with Crippen LogP contribution in [0, 0.1) is 5.92 Å². The van der Waals surface area contributed by atoms with Crippen LogP contribution in [-0.2, 0) is 0 Å². The van der Waals surface area contributed by atoms with Gasteiger partial charge in [-0.2, -0.15) is 0 Å². The zero-order chi connectivity index (χ0) is 11.1. The molecule has 0 saturated carbocycles. The number of hydrogen-bond donors (Lipinski definition) is 1. The summed E-state index contributed by atoms with van der Waals surface area (Å²) < 4.78 is 0. The molecule has 15 heavy (non-hydrogen) atoms. The largest absolute Gasteiger partial charge is 0.313 e. The predicted octanol–water partition coefficient (Wildman–Crippen LogP) is 3.01. The first-order valence-corrected chi connectivity index (χ1v) is 5.27. The van der Waals surface area contributed by atoms with Gasteiger partial charge in [0.05, 0.1) is 0 Å². The Kier molecular flexibility index (Phi) is 4.85. The Morgan fingerprint density at radius 1 is 1.27 bits per heavy atom. The molecule has 0 spiro atoms. The minimum absolute atomic E-state index is 0.406. The van der Waals surface area contributed by atoms with Crippen LogP contribution < -0.4 is 5.32 Å². The first-order chi connectivity index (χ1) is 7.29. The van der Waals surface area contributed by atoms with Gasteiger partial charge in [0.25, 0.3) is 0 Å². The van der Waals surface area contributed by atoms with E-state index >= 15 is 0 Å². The molecule has 0 amide bonds. The summed E-state index contributed by atoms with van der Waals surface area (Å²) in [6, 6.07) is 0.406. The molecule has 0 bridgehead atoms. The molecule has 1 rings (SSSR count). The van der Waals surface area contributed by atoms with E-state index < -0.39 is 0 Å². The van der Waals surface area contributed by atoms with E-state index in [0.29, 0.717) is 12.0 Å². The molecule has 0 aromatic heterocycles. The lowest BCUT2D eigenvalue weighted by molar-refractivity contribution is 0.558. The number of likely N-dealkylation sites (N-methyl/N-ethyl adjacent to an activating group) is 1. The third kappa shape index (κ3) is 3.37. The van der Waals surface area contributed by atoms with E-state index in [0.717, 1.165) is 0 Å². The van der Waals surface area contributed by atoms with E-state index in [1.807, 2.05) is 19.2 Å². The van der Waals surface area contributed by atoms with Crippen LogP contribution in [-0.4, -0.2) is 13.1 Å². The van der Waals surface area contributed by atoms with Crippen LogP contribution >= 0.6 is 0 Å². The molecule has 1 aliphatic carbocycles. The first-order valence-electron chi connectivity index (χ1n) is 5.27. The van der Waals surface area contributed by atoms with Crippen LogP contribution in [0.25, 0.3) is 0 Å². The highest BCUT2D eigenvalue weighted by molar-refractivity contribution is 5.28. The predicted molar refractivity (Wildman–Crippen MR) is 67.7 cm³/mol. The monoisotopic (exact) mass is 201 g/mol. The van der Waals surface area contributed by atoms with E-state index in [1.165, 1.54) is 5.57 Å². The van der Waals surface area contributed by atoms with Gasteiger partial charge in [0.15, 0.2) is 0 Å². The molecule has 0 aromatic rings. The van der Waals surface area contributed by atoms with Crippen molar-refractivity contribution in [3.8, 4) is 0 Å². The fourth-order valence-electron chi connectivity index (χ4n) is 1.71. The lowest BCUT2D eigenvalue weighted by Gasteiger charge is -2.24. The highest BCUT2D eigenvalue weighted by Gasteiger charge is 2.17. The average Bonchev–Trinajstić information content (AvgIpc) is 2.29. The maximum atomic E-state index is 3.65. The van der Waals surface area contributed by atoms with Crippen molar-refractivity contribution in [3.63, 3.8) is 0 Å². The van der Waals surface area contributed by atoms with E-state index in [2.05, 4.69) is 49.2 Å². The second-order valence-electron chi connectivity index (χ2n) is 3.64. The van der Waals surface area contributed by atoms with Crippen molar-refractivity contribution < 1.29 is 0 Å². The van der Waals surface area contributed by atoms with Crippen molar-refractivity contribution in [1.29, 1.82) is 0 Å². The first kappa shape index (κ1) is 11.7. The van der Waals surface area contributed by atoms with Crippen molar-refractivity contribution in [2.24, 2.45) is 5.92 Å². The molecule has 0 radical (unpaired) electrons. The zero-order valence-corrected chi connectivity index (χ0v) is 9.48. The maximum Gasteiger partial charge on any atom is 0.0351 e. The van der Waals surface area contributed by atoms with Crippen LogP contribution in [0.5, 0.6) is 0 Å². The molecule has 0 fully saturated rings. The lowest BCUT2D eigenvalue weighted by Crippen LogP contribution is -2.32. The van der Waals surface area contributed by atoms with Gasteiger partial charge in [0.2, 0.25) is 0 Å². The highest BCUT2D eigenvalue weighted by atomic mass is 14.9. The molecular weight excluding hydrogens is 182 g/mol. The fraction of sp³-hybridized carbons (Fsp3) is 0.286. The minimum atomic E-state index is 0.406. The third-order valence-electron chi connectivity index (χ3n) is 2.60. The van der Waals surface area contributed by atoms with Gasteiger partial charge in [0.1, 0.15) is 0 Å². The Morgan fingerprint density at radius 2 is 2.00 bits per heavy atom. The van der Waals surface area contributed by atoms with Gasteiger partial charge in [-0.3, -0.25) is 0 Å². The average molecular weight is 201 g/mol. The molecule has 0 aliphatic heterocycles. The standard InChI is InChI=1S/C14H19N/c1-4-5-6-9-12(2)13-10-7-8-11-14(13)15-3/h4-11,13-15H,1H2,2-3H3/b6-5-,12-9+. The Labute approximate surface area is 92.6 Å². The summed E-state index contributed by atoms with van der Waals surface area (Å²) >= 11 is 0. The molecule has 2 atom stereocenters. The quantitative estimate of drug-likeness (QED) is 0.689. The van der Waals surface area contributed by atoms with Gasteiger partial charge in [-0.15, -0.1) is 0 Å². The molecule has 1 N–H and O–H groups in total. The minimum Gasteiger partial charge on any atom is -0.313 e. The Morgan fingerprint density at radius 3 is 2.67 bits per heavy atom. The summed E-state index contributed by atoms with van der Waals surface area (Å²) in [5.41, 5.74) is 1.35. The molecule has 1 nitrogen and oxygen atoms in total. The Balaban J connectivity index is 2.73. The van der Waals surface area contributed by atoms with E-state index in [9.17, 15) is 0 Å². The second-order valence-corrected chi connectivity index (χ2v) is 3.64. The van der Waals surface area contributed by atoms with Gasteiger partial charge in [-0.1, -0.05) is 60.8 Å². The summed E-state index contributed by atoms with van der Waals surface area (Å²) in [5.74, 6) is 0.453. The van der Waals surface area contributed by atoms with Gasteiger partial charge in [-0.25, -0.2) is 0 Å². The van der Waals surface area contributed by atoms with Gasteiger partial charge in [0, 0.05) is 12.0 Å². The van der Waals surface area contributed by atoms with Gasteiger partial charge in [-0.05, 0) is 14.0 Å². The van der Waals surface area contributed by atoms with E-state index in [1.54, 1.807) is 6.08 Å². The second kappa shape index (κ2) is 6.20. The summed E-state index contributed by atoms with van der Waals surface area (Å²) in [6.45, 7) is 5.81. The maximum absolute atomic E-state index is 3.65. The molecule has 1 aliphatic rings. The van der Waals surface area contributed by atoms with Crippen molar-refractivity contribution in [2.75, 3.05) is 7.05 Å². The Bertz CT molecular complexity index is 318. The van der Waals surface area contributed by atoms with Crippen LogP contribution in [0.1, 0.15) is 6.92 Å². The summed E-state index contributed by atoms with van der Waals surface area (Å²) in [4.78, 5) is 0. The SMILES string of the molecule is C=C/C=C\C=C(/C)C1C=CC=CC1NC. The van der Waals surface area contributed by atoms with Gasteiger partial charge >= 0.3 is 0 Å². The highest BCUT2D eigenvalue weighted by Crippen LogP contribution is 2.20. The van der Waals surface area contributed by atoms with E-state index in [4.69, 9.17) is 0 Å². The van der Waals surface area contributed by atoms with Crippen molar-refractivity contribution >= 4 is 0 Å². The van der Waals surface area contributed by atoms with Crippen molar-refractivity contribution in [1.82, 2.24) is 5.32 Å². The van der Waals surface area contributed by atoms with Crippen LogP contribution in [0.15, 0.2) is 60.8 Å². The van der Waals surface area contributed by atoms with Crippen molar-refractivity contribution in [2.45, 2.75) is 13.0 Å². The number of hydrogen-bond acceptors (Lipinski definition) is 1. The molecule has 1 heteroatoms. The van der Waals surface area contributed by atoms with Crippen LogP contribution in [0.2, 0.25) is 0 Å². The number of nitrogens with one attached hydrogen (secondary N) is 1. The van der Waals surface area contributed by atoms with Crippen molar-refractivity contribution in [3.05, 3.63) is 60.8 Å². The molecule has 2 unspecified atom stereocenters. The summed E-state index contributed by atoms with van der Waals surface area (Å²) in [5, 5.41) is 3.30. The van der Waals surface area contributed by atoms with Crippen LogP contribution in [0.3, 0.4) is 0 Å². The number of rotatable bonds is 4.